The van der Waals surface area contributed by atoms with Crippen molar-refractivity contribution in [1.29, 1.82) is 0 Å². The molecule has 0 N–H and O–H groups in total. The molecular formula is C25H23BrN2O5S. The lowest BCUT2D eigenvalue weighted by atomic mass is 10.1. The summed E-state index contributed by atoms with van der Waals surface area (Å²) in [6.45, 7) is 1.39. The molecule has 34 heavy (non-hydrogen) atoms. The molecule has 0 aromatic heterocycles. The minimum absolute atomic E-state index is 0.0217. The molecule has 1 aliphatic heterocycles. The summed E-state index contributed by atoms with van der Waals surface area (Å²) >= 11 is 3.30. The van der Waals surface area contributed by atoms with Gasteiger partial charge in [-0.3, -0.25) is 4.79 Å². The molecular weight excluding hydrogens is 520 g/mol. The van der Waals surface area contributed by atoms with Gasteiger partial charge in [0.2, 0.25) is 10.0 Å². The van der Waals surface area contributed by atoms with Gasteiger partial charge in [0.05, 0.1) is 10.5 Å². The third-order valence-corrected chi connectivity index (χ3v) is 7.94. The van der Waals surface area contributed by atoms with Crippen molar-refractivity contribution < 1.29 is 22.7 Å². The fourth-order valence-corrected chi connectivity index (χ4v) is 5.59. The van der Waals surface area contributed by atoms with Crippen LogP contribution in [0.1, 0.15) is 20.7 Å². The molecule has 3 aromatic carbocycles. The highest BCUT2D eigenvalue weighted by Crippen LogP contribution is 2.22. The maximum atomic E-state index is 13.2. The highest BCUT2D eigenvalue weighted by molar-refractivity contribution is 9.10. The van der Waals surface area contributed by atoms with E-state index in [-0.39, 0.29) is 16.2 Å². The minimum Gasteiger partial charge on any atom is -0.454 e. The van der Waals surface area contributed by atoms with E-state index in [0.29, 0.717) is 31.7 Å². The number of esters is 1. The number of piperazine rings is 1. The first-order valence-electron chi connectivity index (χ1n) is 10.7. The van der Waals surface area contributed by atoms with Crippen LogP contribution in [0.5, 0.6) is 0 Å². The predicted octanol–water partition coefficient (Wildman–Crippen LogP) is 4.00. The number of hydrogen-bond acceptors (Lipinski definition) is 6. The highest BCUT2D eigenvalue weighted by Gasteiger charge is 2.29. The number of nitrogens with zero attached hydrogens (tertiary/aromatic N) is 2. The Morgan fingerprint density at radius 1 is 0.824 bits per heavy atom. The average Bonchev–Trinajstić information content (AvgIpc) is 2.87. The minimum atomic E-state index is -3.78. The molecule has 1 saturated heterocycles. The second-order valence-corrected chi connectivity index (χ2v) is 10.6. The van der Waals surface area contributed by atoms with E-state index in [1.165, 1.54) is 28.6 Å². The molecule has 0 spiro atoms. The zero-order chi connectivity index (χ0) is 24.1. The van der Waals surface area contributed by atoms with Gasteiger partial charge in [-0.25, -0.2) is 13.2 Å². The van der Waals surface area contributed by atoms with Gasteiger partial charge < -0.3 is 9.64 Å². The number of ether oxygens (including phenoxy) is 1. The van der Waals surface area contributed by atoms with Crippen LogP contribution in [0.3, 0.4) is 0 Å². The third kappa shape index (κ3) is 5.55. The Bertz CT molecular complexity index is 1290. The number of ketones is 1. The molecule has 0 radical (unpaired) electrons. The first-order chi connectivity index (χ1) is 16.3. The molecule has 0 aliphatic carbocycles. The maximum absolute atomic E-state index is 13.2. The van der Waals surface area contributed by atoms with Gasteiger partial charge in [0.1, 0.15) is 0 Å². The predicted molar refractivity (Wildman–Crippen MR) is 133 cm³/mol. The van der Waals surface area contributed by atoms with Gasteiger partial charge in [0.15, 0.2) is 12.4 Å². The molecule has 3 aromatic rings. The fourth-order valence-electron chi connectivity index (χ4n) is 3.72. The Hall–Kier alpha value is -3.01. The first kappa shape index (κ1) is 24.1. The lowest BCUT2D eigenvalue weighted by Gasteiger charge is -2.35. The van der Waals surface area contributed by atoms with Crippen LogP contribution in [0.25, 0.3) is 0 Å². The van der Waals surface area contributed by atoms with Crippen LogP contribution in [0.4, 0.5) is 5.69 Å². The smallest absolute Gasteiger partial charge is 0.338 e. The summed E-state index contributed by atoms with van der Waals surface area (Å²) < 4.78 is 33.7. The normalized spacial score (nSPS) is 14.6. The molecule has 176 valence electrons. The summed E-state index contributed by atoms with van der Waals surface area (Å²) in [6, 6.07) is 22.4. The SMILES string of the molecule is O=C(COC(=O)c1cccc(S(=O)(=O)N2CCN(c3ccccc3)CC2)c1)c1cccc(Br)c1. The zero-order valence-corrected chi connectivity index (χ0v) is 20.7. The second kappa shape index (κ2) is 10.5. The van der Waals surface area contributed by atoms with E-state index < -0.39 is 22.6 Å². The summed E-state index contributed by atoms with van der Waals surface area (Å²) in [4.78, 5) is 27.0. The molecule has 1 aliphatic rings. The van der Waals surface area contributed by atoms with E-state index in [1.54, 1.807) is 24.3 Å². The van der Waals surface area contributed by atoms with Gasteiger partial charge in [-0.1, -0.05) is 52.3 Å². The summed E-state index contributed by atoms with van der Waals surface area (Å²) in [5, 5.41) is 0. The van der Waals surface area contributed by atoms with Crippen molar-refractivity contribution in [3.63, 3.8) is 0 Å². The Labute approximate surface area is 207 Å². The molecule has 0 bridgehead atoms. The van der Waals surface area contributed by atoms with Crippen molar-refractivity contribution in [3.05, 3.63) is 94.5 Å². The van der Waals surface area contributed by atoms with E-state index >= 15 is 0 Å². The molecule has 7 nitrogen and oxygen atoms in total. The number of Topliss-reactive ketones (excluding diaryl/α,β-unsaturated/α-hetero) is 1. The summed E-state index contributed by atoms with van der Waals surface area (Å²) in [6.07, 6.45) is 0. The van der Waals surface area contributed by atoms with E-state index in [9.17, 15) is 18.0 Å². The molecule has 4 rings (SSSR count). The first-order valence-corrected chi connectivity index (χ1v) is 12.9. The third-order valence-electron chi connectivity index (χ3n) is 5.55. The molecule has 1 heterocycles. The largest absolute Gasteiger partial charge is 0.454 e. The van der Waals surface area contributed by atoms with Gasteiger partial charge >= 0.3 is 5.97 Å². The van der Waals surface area contributed by atoms with Crippen LogP contribution in [0, 0.1) is 0 Å². The monoisotopic (exact) mass is 542 g/mol. The Morgan fingerprint density at radius 2 is 1.50 bits per heavy atom. The number of carbonyl (C=O) groups excluding carboxylic acids is 2. The molecule has 0 amide bonds. The van der Waals surface area contributed by atoms with Crippen LogP contribution in [0.2, 0.25) is 0 Å². The Balaban J connectivity index is 1.40. The number of benzene rings is 3. The number of hydrogen-bond donors (Lipinski definition) is 0. The maximum Gasteiger partial charge on any atom is 0.338 e. The van der Waals surface area contributed by atoms with E-state index in [2.05, 4.69) is 20.8 Å². The van der Waals surface area contributed by atoms with Crippen molar-refractivity contribution in [2.45, 2.75) is 4.90 Å². The van der Waals surface area contributed by atoms with E-state index in [1.807, 2.05) is 30.3 Å². The lowest BCUT2D eigenvalue weighted by Crippen LogP contribution is -2.48. The molecule has 1 fully saturated rings. The van der Waals surface area contributed by atoms with Crippen LogP contribution in [-0.4, -0.2) is 57.3 Å². The molecule has 9 heteroatoms. The van der Waals surface area contributed by atoms with Crippen molar-refractivity contribution in [1.82, 2.24) is 4.31 Å². The average molecular weight is 543 g/mol. The van der Waals surface area contributed by atoms with Crippen LogP contribution in [0.15, 0.2) is 88.2 Å². The van der Waals surface area contributed by atoms with E-state index in [4.69, 9.17) is 4.74 Å². The fraction of sp³-hybridized carbons (Fsp3) is 0.200. The van der Waals surface area contributed by atoms with Gasteiger partial charge in [-0.2, -0.15) is 4.31 Å². The second-order valence-electron chi connectivity index (χ2n) is 7.76. The molecule has 0 atom stereocenters. The standard InChI is InChI=1S/C25H23BrN2O5S/c26-21-8-4-6-19(16-21)24(29)18-33-25(30)20-7-5-11-23(17-20)34(31,32)28-14-12-27(13-15-28)22-9-2-1-3-10-22/h1-11,16-17H,12-15,18H2. The van der Waals surface area contributed by atoms with E-state index in [0.717, 1.165) is 10.2 Å². The number of sulfonamides is 1. The topological polar surface area (TPSA) is 84.0 Å². The van der Waals surface area contributed by atoms with Crippen LogP contribution < -0.4 is 4.90 Å². The molecule has 0 saturated carbocycles. The van der Waals surface area contributed by atoms with Crippen LogP contribution >= 0.6 is 15.9 Å². The Morgan fingerprint density at radius 3 is 2.21 bits per heavy atom. The van der Waals surface area contributed by atoms with Gasteiger partial charge in [-0.15, -0.1) is 0 Å². The Kier molecular flexibility index (Phi) is 7.45. The van der Waals surface area contributed by atoms with Gasteiger partial charge in [0, 0.05) is 41.9 Å². The number of anilines is 1. The number of halogens is 1. The lowest BCUT2D eigenvalue weighted by molar-refractivity contribution is 0.0474. The summed E-state index contributed by atoms with van der Waals surface area (Å²) in [5.74, 6) is -1.11. The number of carbonyl (C=O) groups is 2. The summed E-state index contributed by atoms with van der Waals surface area (Å²) in [7, 11) is -3.78. The van der Waals surface area contributed by atoms with Crippen molar-refractivity contribution in [3.8, 4) is 0 Å². The summed E-state index contributed by atoms with van der Waals surface area (Å²) in [5.41, 5.74) is 1.54. The van der Waals surface area contributed by atoms with Crippen molar-refractivity contribution >= 4 is 43.4 Å². The highest BCUT2D eigenvalue weighted by atomic mass is 79.9. The number of rotatable bonds is 7. The quantitative estimate of drug-likeness (QED) is 0.331. The van der Waals surface area contributed by atoms with Crippen molar-refractivity contribution in [2.24, 2.45) is 0 Å². The number of para-hydroxylation sites is 1. The zero-order valence-electron chi connectivity index (χ0n) is 18.3. The van der Waals surface area contributed by atoms with Crippen LogP contribution in [-0.2, 0) is 14.8 Å². The van der Waals surface area contributed by atoms with Crippen molar-refractivity contribution in [2.75, 3.05) is 37.7 Å². The van der Waals surface area contributed by atoms with Gasteiger partial charge in [-0.05, 0) is 42.5 Å². The van der Waals surface area contributed by atoms with Gasteiger partial charge in [0.25, 0.3) is 0 Å². The molecule has 0 unspecified atom stereocenters.